The van der Waals surface area contributed by atoms with E-state index in [9.17, 15) is 9.32 Å². The minimum absolute atomic E-state index is 0.213. The smallest absolute Gasteiger partial charge is 0.119 e. The molecule has 1 fully saturated rings. The van der Waals surface area contributed by atoms with Gasteiger partial charge in [0.2, 0.25) is 0 Å². The highest BCUT2D eigenvalue weighted by Gasteiger charge is 2.33. The Labute approximate surface area is 133 Å². The van der Waals surface area contributed by atoms with Crippen molar-refractivity contribution in [3.05, 3.63) is 29.3 Å². The van der Waals surface area contributed by atoms with Gasteiger partial charge in [-0.25, -0.2) is 0 Å². The molecule has 1 N–H and O–H groups in total. The van der Waals surface area contributed by atoms with Crippen LogP contribution in [0.15, 0.2) is 24.3 Å². The Hall–Kier alpha value is -0.620. The van der Waals surface area contributed by atoms with E-state index in [2.05, 4.69) is 4.90 Å². The van der Waals surface area contributed by atoms with Crippen molar-refractivity contribution in [3.8, 4) is 5.75 Å². The zero-order chi connectivity index (χ0) is 15.5. The highest BCUT2D eigenvalue weighted by atomic mass is 35.5. The standard InChI is InChI=1S/C15H22ClNO3S/c1-15(2)11-17(7-8-21(15)19)9-13(18)10-20-14-5-3-12(16)4-6-14/h3-6,13,18H,7-11H2,1-2H3. The summed E-state index contributed by atoms with van der Waals surface area (Å²) < 4.78 is 17.2. The lowest BCUT2D eigenvalue weighted by atomic mass is 10.1. The van der Waals surface area contributed by atoms with Crippen LogP contribution in [0.1, 0.15) is 13.8 Å². The number of rotatable bonds is 5. The Kier molecular flexibility index (Phi) is 5.66. The van der Waals surface area contributed by atoms with Crippen LogP contribution in [0.5, 0.6) is 5.75 Å². The van der Waals surface area contributed by atoms with Gasteiger partial charge in [0.15, 0.2) is 0 Å². The summed E-state index contributed by atoms with van der Waals surface area (Å²) >= 11 is 5.81. The summed E-state index contributed by atoms with van der Waals surface area (Å²) in [5.41, 5.74) is 0. The Balaban J connectivity index is 1.78. The maximum absolute atomic E-state index is 11.9. The predicted octanol–water partition coefficient (Wildman–Crippen LogP) is 1.92. The quantitative estimate of drug-likeness (QED) is 0.895. The first kappa shape index (κ1) is 16.7. The molecule has 0 radical (unpaired) electrons. The zero-order valence-corrected chi connectivity index (χ0v) is 14.0. The average Bonchev–Trinajstić information content (AvgIpc) is 2.42. The zero-order valence-electron chi connectivity index (χ0n) is 12.4. The molecule has 0 amide bonds. The molecule has 1 saturated heterocycles. The van der Waals surface area contributed by atoms with E-state index in [4.69, 9.17) is 16.3 Å². The van der Waals surface area contributed by atoms with Crippen molar-refractivity contribution in [1.29, 1.82) is 0 Å². The Morgan fingerprint density at radius 3 is 2.71 bits per heavy atom. The van der Waals surface area contributed by atoms with E-state index in [0.717, 1.165) is 13.1 Å². The number of ether oxygens (including phenoxy) is 1. The third kappa shape index (κ3) is 4.95. The molecule has 0 spiro atoms. The number of aliphatic hydroxyl groups excluding tert-OH is 1. The topological polar surface area (TPSA) is 49.8 Å². The number of hydrogen-bond acceptors (Lipinski definition) is 4. The molecular weight excluding hydrogens is 310 g/mol. The van der Waals surface area contributed by atoms with Crippen molar-refractivity contribution < 1.29 is 14.1 Å². The Morgan fingerprint density at radius 1 is 1.43 bits per heavy atom. The maximum Gasteiger partial charge on any atom is 0.119 e. The first-order valence-electron chi connectivity index (χ1n) is 7.04. The van der Waals surface area contributed by atoms with Crippen molar-refractivity contribution in [2.75, 3.05) is 32.0 Å². The number of β-amino-alcohol motifs (C(OH)–C–C–N with tert-alkyl or cyclic N) is 1. The van der Waals surface area contributed by atoms with Crippen molar-refractivity contribution in [2.45, 2.75) is 24.7 Å². The summed E-state index contributed by atoms with van der Waals surface area (Å²) in [5, 5.41) is 10.7. The summed E-state index contributed by atoms with van der Waals surface area (Å²) in [7, 11) is -0.789. The van der Waals surface area contributed by atoms with E-state index in [0.29, 0.717) is 23.1 Å². The second-order valence-electron chi connectivity index (χ2n) is 5.96. The minimum atomic E-state index is -0.789. The van der Waals surface area contributed by atoms with E-state index >= 15 is 0 Å². The summed E-state index contributed by atoms with van der Waals surface area (Å²) in [6.45, 7) is 6.28. The molecule has 1 aliphatic rings. The van der Waals surface area contributed by atoms with Crippen molar-refractivity contribution in [2.24, 2.45) is 0 Å². The van der Waals surface area contributed by atoms with Gasteiger partial charge >= 0.3 is 0 Å². The predicted molar refractivity (Wildman–Crippen MR) is 86.5 cm³/mol. The molecule has 2 atom stereocenters. The highest BCUT2D eigenvalue weighted by molar-refractivity contribution is 7.86. The average molecular weight is 332 g/mol. The monoisotopic (exact) mass is 331 g/mol. The molecule has 1 heterocycles. The molecule has 6 heteroatoms. The van der Waals surface area contributed by atoms with E-state index in [1.165, 1.54) is 0 Å². The number of hydrogen-bond donors (Lipinski definition) is 1. The lowest BCUT2D eigenvalue weighted by Gasteiger charge is -2.38. The summed E-state index contributed by atoms with van der Waals surface area (Å²) in [6.07, 6.45) is -0.567. The van der Waals surface area contributed by atoms with E-state index in [-0.39, 0.29) is 11.4 Å². The van der Waals surface area contributed by atoms with Gasteiger partial charge in [-0.2, -0.15) is 0 Å². The number of aliphatic hydroxyl groups is 1. The molecule has 0 saturated carbocycles. The second kappa shape index (κ2) is 7.09. The first-order chi connectivity index (χ1) is 9.87. The van der Waals surface area contributed by atoms with Gasteiger partial charge in [0.05, 0.1) is 4.75 Å². The maximum atomic E-state index is 11.9. The molecule has 118 valence electrons. The van der Waals surface area contributed by atoms with Crippen LogP contribution in [-0.4, -0.2) is 57.1 Å². The highest BCUT2D eigenvalue weighted by Crippen LogP contribution is 2.20. The van der Waals surface area contributed by atoms with Crippen LogP contribution < -0.4 is 4.74 Å². The van der Waals surface area contributed by atoms with Gasteiger partial charge in [-0.3, -0.25) is 9.11 Å². The molecule has 1 aromatic rings. The van der Waals surface area contributed by atoms with Crippen molar-refractivity contribution >= 4 is 22.4 Å². The van der Waals surface area contributed by atoms with E-state index in [1.807, 2.05) is 13.8 Å². The molecule has 21 heavy (non-hydrogen) atoms. The van der Waals surface area contributed by atoms with Crippen LogP contribution in [0, 0.1) is 0 Å². The van der Waals surface area contributed by atoms with Crippen LogP contribution >= 0.6 is 11.6 Å². The molecule has 2 unspecified atom stereocenters. The lowest BCUT2D eigenvalue weighted by Crippen LogP contribution is -2.52. The molecule has 0 aromatic heterocycles. The molecule has 1 aromatic carbocycles. The first-order valence-corrected chi connectivity index (χ1v) is 8.74. The molecule has 1 aliphatic heterocycles. The summed E-state index contributed by atoms with van der Waals surface area (Å²) in [6, 6.07) is 7.07. The molecule has 2 rings (SSSR count). The van der Waals surface area contributed by atoms with Crippen molar-refractivity contribution in [3.63, 3.8) is 0 Å². The SMILES string of the molecule is CC1(C)CN(CC(O)COc2ccc(Cl)cc2)CCS1=O. The normalized spacial score (nSPS) is 23.7. The van der Waals surface area contributed by atoms with Crippen LogP contribution in [0.25, 0.3) is 0 Å². The fourth-order valence-electron chi connectivity index (χ4n) is 2.41. The van der Waals surface area contributed by atoms with Crippen LogP contribution in [0.3, 0.4) is 0 Å². The summed E-state index contributed by atoms with van der Waals surface area (Å²) in [4.78, 5) is 2.15. The number of benzene rings is 1. The van der Waals surface area contributed by atoms with Gasteiger partial charge in [0.25, 0.3) is 0 Å². The molecule has 4 nitrogen and oxygen atoms in total. The largest absolute Gasteiger partial charge is 0.491 e. The number of nitrogens with zero attached hydrogens (tertiary/aromatic N) is 1. The summed E-state index contributed by atoms with van der Waals surface area (Å²) in [5.74, 6) is 1.36. The van der Waals surface area contributed by atoms with E-state index in [1.54, 1.807) is 24.3 Å². The van der Waals surface area contributed by atoms with Gasteiger partial charge in [-0.1, -0.05) is 11.6 Å². The van der Waals surface area contributed by atoms with Gasteiger partial charge in [-0.05, 0) is 38.1 Å². The number of halogens is 1. The van der Waals surface area contributed by atoms with Crippen LogP contribution in [0.4, 0.5) is 0 Å². The van der Waals surface area contributed by atoms with Gasteiger partial charge in [0, 0.05) is 41.2 Å². The molecule has 0 aliphatic carbocycles. The minimum Gasteiger partial charge on any atom is -0.491 e. The van der Waals surface area contributed by atoms with Gasteiger partial charge in [0.1, 0.15) is 18.5 Å². The second-order valence-corrected chi connectivity index (χ2v) is 8.60. The fraction of sp³-hybridized carbons (Fsp3) is 0.600. The fourth-order valence-corrected chi connectivity index (χ4v) is 3.84. The Morgan fingerprint density at radius 2 is 2.10 bits per heavy atom. The molecule has 0 bridgehead atoms. The van der Waals surface area contributed by atoms with Gasteiger partial charge in [-0.15, -0.1) is 0 Å². The van der Waals surface area contributed by atoms with E-state index < -0.39 is 16.9 Å². The van der Waals surface area contributed by atoms with Crippen LogP contribution in [0.2, 0.25) is 5.02 Å². The van der Waals surface area contributed by atoms with Gasteiger partial charge < -0.3 is 9.84 Å². The van der Waals surface area contributed by atoms with Crippen LogP contribution in [-0.2, 0) is 10.8 Å². The lowest BCUT2D eigenvalue weighted by molar-refractivity contribution is 0.0662. The molecular formula is C15H22ClNO3S. The third-order valence-electron chi connectivity index (χ3n) is 3.54. The Bertz CT molecular complexity index is 492. The van der Waals surface area contributed by atoms with Crippen molar-refractivity contribution in [1.82, 2.24) is 4.90 Å². The third-order valence-corrected chi connectivity index (χ3v) is 5.71.